The predicted molar refractivity (Wildman–Crippen MR) is 108 cm³/mol. The van der Waals surface area contributed by atoms with Gasteiger partial charge in [0.05, 0.1) is 5.92 Å². The van der Waals surface area contributed by atoms with Crippen molar-refractivity contribution >= 4 is 5.97 Å². The van der Waals surface area contributed by atoms with Crippen LogP contribution >= 0.6 is 0 Å². The minimum Gasteiger partial charge on any atom is -0.481 e. The number of nitrogens with one attached hydrogen (secondary N) is 1. The maximum atomic E-state index is 11.1. The monoisotopic (exact) mass is 370 g/mol. The van der Waals surface area contributed by atoms with Gasteiger partial charge in [0, 0.05) is 18.5 Å². The molecule has 0 aromatic heterocycles. The van der Waals surface area contributed by atoms with E-state index in [9.17, 15) is 4.79 Å². The zero-order chi connectivity index (χ0) is 18.6. The van der Waals surface area contributed by atoms with E-state index in [1.807, 2.05) is 0 Å². The second-order valence-electron chi connectivity index (χ2n) is 9.07. The van der Waals surface area contributed by atoms with Gasteiger partial charge in [0.15, 0.2) is 0 Å². The summed E-state index contributed by atoms with van der Waals surface area (Å²) in [6, 6.07) is 11.6. The first kappa shape index (κ1) is 18.9. The molecule has 4 rings (SSSR count). The van der Waals surface area contributed by atoms with Gasteiger partial charge in [0.1, 0.15) is 0 Å². The molecule has 1 saturated heterocycles. The third-order valence-electron chi connectivity index (χ3n) is 7.11. The average molecular weight is 371 g/mol. The summed E-state index contributed by atoms with van der Waals surface area (Å²) in [5, 5.41) is 12.9. The van der Waals surface area contributed by atoms with E-state index >= 15 is 0 Å². The van der Waals surface area contributed by atoms with Crippen LogP contribution in [0.5, 0.6) is 0 Å². The Bertz CT molecular complexity index is 604. The minimum absolute atomic E-state index is 0.0832. The first-order valence-electron chi connectivity index (χ1n) is 10.9. The Hall–Kier alpha value is -1.39. The number of likely N-dealkylation sites (tertiary alicyclic amines) is 1. The maximum absolute atomic E-state index is 11.1. The number of benzene rings is 1. The fourth-order valence-electron chi connectivity index (χ4n) is 5.14. The number of hydrogen-bond acceptors (Lipinski definition) is 3. The fourth-order valence-corrected chi connectivity index (χ4v) is 5.14. The molecule has 1 aliphatic heterocycles. The molecule has 4 heteroatoms. The van der Waals surface area contributed by atoms with Crippen LogP contribution in [0.3, 0.4) is 0 Å². The van der Waals surface area contributed by atoms with E-state index in [4.69, 9.17) is 5.11 Å². The standard InChI is InChI=1S/C23H34N2O2/c26-23(27)20-8-6-18(7-9-20)16-25-12-10-17(11-13-25)15-24-22-14-21(22)19-4-2-1-3-5-19/h1-5,17-18,20-22,24H,6-16H2,(H,26,27). The molecule has 0 spiro atoms. The molecule has 2 atom stereocenters. The highest BCUT2D eigenvalue weighted by Crippen LogP contribution is 2.40. The van der Waals surface area contributed by atoms with E-state index in [0.29, 0.717) is 12.0 Å². The molecule has 2 N–H and O–H groups in total. The molecule has 3 aliphatic rings. The number of carboxylic acid groups (broad SMARTS) is 1. The minimum atomic E-state index is -0.591. The molecule has 2 unspecified atom stereocenters. The van der Waals surface area contributed by atoms with Crippen molar-refractivity contribution < 1.29 is 9.90 Å². The molecule has 27 heavy (non-hydrogen) atoms. The molecule has 0 radical (unpaired) electrons. The van der Waals surface area contributed by atoms with Gasteiger partial charge in [-0.25, -0.2) is 0 Å². The van der Waals surface area contributed by atoms with E-state index in [0.717, 1.165) is 37.5 Å². The van der Waals surface area contributed by atoms with Crippen LogP contribution in [0.1, 0.15) is 56.4 Å². The first-order valence-corrected chi connectivity index (χ1v) is 10.9. The molecule has 1 aromatic rings. The Morgan fingerprint density at radius 1 is 1.00 bits per heavy atom. The molecular formula is C23H34N2O2. The summed E-state index contributed by atoms with van der Waals surface area (Å²) in [7, 11) is 0. The summed E-state index contributed by atoms with van der Waals surface area (Å²) in [6.45, 7) is 4.80. The van der Waals surface area contributed by atoms with Gasteiger partial charge in [-0.3, -0.25) is 4.79 Å². The Labute approximate surface area is 163 Å². The largest absolute Gasteiger partial charge is 0.481 e. The van der Waals surface area contributed by atoms with E-state index in [1.54, 1.807) is 0 Å². The van der Waals surface area contributed by atoms with Crippen molar-refractivity contribution in [1.29, 1.82) is 0 Å². The second-order valence-corrected chi connectivity index (χ2v) is 9.07. The highest BCUT2D eigenvalue weighted by atomic mass is 16.4. The van der Waals surface area contributed by atoms with Gasteiger partial charge < -0.3 is 15.3 Å². The molecular weight excluding hydrogens is 336 g/mol. The van der Waals surface area contributed by atoms with E-state index < -0.39 is 5.97 Å². The first-order chi connectivity index (χ1) is 13.2. The molecule has 2 aliphatic carbocycles. The van der Waals surface area contributed by atoms with Gasteiger partial charge in [-0.15, -0.1) is 0 Å². The lowest BCUT2D eigenvalue weighted by Gasteiger charge is -2.36. The normalized spacial score (nSPS) is 32.3. The second kappa shape index (κ2) is 8.74. The smallest absolute Gasteiger partial charge is 0.306 e. The van der Waals surface area contributed by atoms with Crippen LogP contribution in [0.25, 0.3) is 0 Å². The Kier molecular flexibility index (Phi) is 6.14. The third-order valence-corrected chi connectivity index (χ3v) is 7.11. The van der Waals surface area contributed by atoms with E-state index in [-0.39, 0.29) is 5.92 Å². The Balaban J connectivity index is 1.11. The number of nitrogens with zero attached hydrogens (tertiary/aromatic N) is 1. The zero-order valence-corrected chi connectivity index (χ0v) is 16.4. The zero-order valence-electron chi connectivity index (χ0n) is 16.4. The van der Waals surface area contributed by atoms with Crippen molar-refractivity contribution in [3.63, 3.8) is 0 Å². The van der Waals surface area contributed by atoms with Gasteiger partial charge in [-0.1, -0.05) is 30.3 Å². The lowest BCUT2D eigenvalue weighted by molar-refractivity contribution is -0.143. The Morgan fingerprint density at radius 2 is 1.70 bits per heavy atom. The van der Waals surface area contributed by atoms with Crippen molar-refractivity contribution in [1.82, 2.24) is 10.2 Å². The van der Waals surface area contributed by atoms with Gasteiger partial charge in [0.2, 0.25) is 0 Å². The van der Waals surface area contributed by atoms with Crippen molar-refractivity contribution in [2.45, 2.75) is 56.9 Å². The van der Waals surface area contributed by atoms with Gasteiger partial charge in [-0.05, 0) is 82.0 Å². The third kappa shape index (κ3) is 5.11. The number of aliphatic carboxylic acids is 1. The van der Waals surface area contributed by atoms with Crippen molar-refractivity contribution in [3.05, 3.63) is 35.9 Å². The number of piperidine rings is 1. The van der Waals surface area contributed by atoms with Crippen molar-refractivity contribution in [2.75, 3.05) is 26.2 Å². The van der Waals surface area contributed by atoms with Crippen LogP contribution < -0.4 is 5.32 Å². The van der Waals surface area contributed by atoms with Gasteiger partial charge in [-0.2, -0.15) is 0 Å². The number of carbonyl (C=O) groups is 1. The quantitative estimate of drug-likeness (QED) is 0.768. The highest BCUT2D eigenvalue weighted by molar-refractivity contribution is 5.69. The molecule has 1 aromatic carbocycles. The molecule has 3 fully saturated rings. The topological polar surface area (TPSA) is 52.6 Å². The summed E-state index contributed by atoms with van der Waals surface area (Å²) in [5.41, 5.74) is 1.49. The van der Waals surface area contributed by atoms with Crippen LogP contribution in [-0.2, 0) is 4.79 Å². The van der Waals surface area contributed by atoms with E-state index in [1.165, 1.54) is 51.0 Å². The van der Waals surface area contributed by atoms with Crippen LogP contribution in [0.4, 0.5) is 0 Å². The molecule has 4 nitrogen and oxygen atoms in total. The van der Waals surface area contributed by atoms with Crippen LogP contribution in [0, 0.1) is 17.8 Å². The van der Waals surface area contributed by atoms with Crippen LogP contribution in [0.2, 0.25) is 0 Å². The highest BCUT2D eigenvalue weighted by Gasteiger charge is 2.38. The average Bonchev–Trinajstić information content (AvgIpc) is 3.48. The molecule has 0 bridgehead atoms. The summed E-state index contributed by atoms with van der Waals surface area (Å²) in [4.78, 5) is 13.7. The van der Waals surface area contributed by atoms with Crippen LogP contribution in [0.15, 0.2) is 30.3 Å². The van der Waals surface area contributed by atoms with Gasteiger partial charge >= 0.3 is 5.97 Å². The lowest BCUT2D eigenvalue weighted by Crippen LogP contribution is -2.40. The van der Waals surface area contributed by atoms with Gasteiger partial charge in [0.25, 0.3) is 0 Å². The molecule has 0 amide bonds. The lowest BCUT2D eigenvalue weighted by atomic mass is 9.81. The summed E-state index contributed by atoms with van der Waals surface area (Å²) in [6.07, 6.45) is 7.86. The van der Waals surface area contributed by atoms with E-state index in [2.05, 4.69) is 40.5 Å². The number of hydrogen-bond donors (Lipinski definition) is 2. The number of carboxylic acids is 1. The summed E-state index contributed by atoms with van der Waals surface area (Å²) in [5.74, 6) is 1.59. The molecule has 1 heterocycles. The molecule has 2 saturated carbocycles. The Morgan fingerprint density at radius 3 is 2.37 bits per heavy atom. The summed E-state index contributed by atoms with van der Waals surface area (Å²) >= 11 is 0. The SMILES string of the molecule is O=C(O)C1CCC(CN2CCC(CNC3CC3c3ccccc3)CC2)CC1. The molecule has 148 valence electrons. The predicted octanol–water partition coefficient (Wildman–Crippen LogP) is 3.74. The summed E-state index contributed by atoms with van der Waals surface area (Å²) < 4.78 is 0. The maximum Gasteiger partial charge on any atom is 0.306 e. The fraction of sp³-hybridized carbons (Fsp3) is 0.696. The van der Waals surface area contributed by atoms with Crippen molar-refractivity contribution in [3.8, 4) is 0 Å². The number of rotatable bonds is 7. The van der Waals surface area contributed by atoms with Crippen LogP contribution in [-0.4, -0.2) is 48.2 Å². The van der Waals surface area contributed by atoms with Crippen molar-refractivity contribution in [2.24, 2.45) is 17.8 Å².